The van der Waals surface area contributed by atoms with Gasteiger partial charge in [-0.1, -0.05) is 43.1 Å². The van der Waals surface area contributed by atoms with Crippen molar-refractivity contribution < 1.29 is 45.4 Å². The second kappa shape index (κ2) is 14.2. The molecule has 4 aromatic rings. The van der Waals surface area contributed by atoms with Crippen LogP contribution in [-0.2, 0) is 21.6 Å². The fourth-order valence-corrected chi connectivity index (χ4v) is 5.27. The zero-order valence-electron chi connectivity index (χ0n) is 26.9. The molecule has 1 unspecified atom stereocenters. The number of likely N-dealkylation sites (N-methyl/N-ethyl adjacent to an activating group) is 1. The Balaban J connectivity index is 1.61. The first kappa shape index (κ1) is 36.8. The van der Waals surface area contributed by atoms with E-state index in [0.717, 1.165) is 11.6 Å². The molecule has 1 N–H and O–H groups in total. The Labute approximate surface area is 284 Å². The van der Waals surface area contributed by atoms with E-state index in [1.54, 1.807) is 29.0 Å². The van der Waals surface area contributed by atoms with E-state index in [-0.39, 0.29) is 34.1 Å². The largest absolute Gasteiger partial charge is 0.495 e. The monoisotopic (exact) mass is 715 g/mol. The average molecular weight is 717 g/mol. The van der Waals surface area contributed by atoms with Gasteiger partial charge in [-0.2, -0.15) is 13.2 Å². The zero-order valence-corrected chi connectivity index (χ0v) is 28.4. The van der Waals surface area contributed by atoms with Crippen molar-refractivity contribution in [3.63, 3.8) is 0 Å². The molecular weight excluding hydrogens is 682 g/mol. The lowest BCUT2D eigenvalue weighted by Gasteiger charge is -2.33. The van der Waals surface area contributed by atoms with Crippen LogP contribution in [0.25, 0.3) is 5.69 Å². The van der Waals surface area contributed by atoms with Gasteiger partial charge in [-0.15, -0.1) is 0 Å². The molecule has 0 saturated carbocycles. The standard InChI is InChI=1S/C33H34Cl2F5N4O4/c1-32(2,19-7-12-23(34)26(13-19)46-6)27-16-42-28(43(27)22-10-8-20(36)9-11-22)18-47-30-24(35)14-21(15-25(30)37)41-17-29(44(3,4)5)48-31(45)33(38,39)40/h7-16,29,41H,17-18H2,1-6H3/q+1. The number of alkyl halides is 3. The summed E-state index contributed by atoms with van der Waals surface area (Å²) in [5.41, 5.74) is 1.53. The normalized spacial score (nSPS) is 12.9. The van der Waals surface area contributed by atoms with Crippen LogP contribution in [0.5, 0.6) is 11.5 Å². The summed E-state index contributed by atoms with van der Waals surface area (Å²) in [4.78, 5) is 16.0. The van der Waals surface area contributed by atoms with Gasteiger partial charge in [-0.05, 0) is 48.0 Å². The molecule has 1 aromatic heterocycles. The number of carbonyl (C=O) groups is 1. The molecule has 0 bridgehead atoms. The minimum atomic E-state index is -5.17. The van der Waals surface area contributed by atoms with Gasteiger partial charge in [-0.3, -0.25) is 9.05 Å². The highest BCUT2D eigenvalue weighted by Gasteiger charge is 2.44. The summed E-state index contributed by atoms with van der Waals surface area (Å²) < 4.78 is 85.2. The first-order valence-electron chi connectivity index (χ1n) is 14.4. The van der Waals surface area contributed by atoms with E-state index < -0.39 is 35.4 Å². The molecule has 0 aliphatic rings. The third-order valence-corrected chi connectivity index (χ3v) is 8.19. The minimum absolute atomic E-state index is 0.113. The van der Waals surface area contributed by atoms with Crippen molar-refractivity contribution in [1.82, 2.24) is 9.55 Å². The van der Waals surface area contributed by atoms with Crippen LogP contribution < -0.4 is 14.8 Å². The number of benzene rings is 3. The summed E-state index contributed by atoms with van der Waals surface area (Å²) in [6.45, 7) is 3.39. The SMILES string of the molecule is COc1cc(C(C)(C)c2cnc(COc3c(F)cc(NCC(OC(=O)C(F)(F)F)[N+](C)(C)C)cc3Cl)n2-c2ccc(F)cc2)ccc1Cl. The number of ether oxygens (including phenoxy) is 3. The lowest BCUT2D eigenvalue weighted by Crippen LogP contribution is -2.52. The van der Waals surface area contributed by atoms with Gasteiger partial charge < -0.3 is 19.5 Å². The summed E-state index contributed by atoms with van der Waals surface area (Å²) in [6.07, 6.45) is -4.80. The second-order valence-corrected chi connectivity index (χ2v) is 13.1. The van der Waals surface area contributed by atoms with E-state index in [1.807, 2.05) is 26.0 Å². The van der Waals surface area contributed by atoms with Crippen LogP contribution in [-0.4, -0.2) is 67.2 Å². The molecule has 15 heteroatoms. The van der Waals surface area contributed by atoms with E-state index in [2.05, 4.69) is 15.0 Å². The number of carbonyl (C=O) groups excluding carboxylic acids is 1. The lowest BCUT2D eigenvalue weighted by atomic mass is 9.81. The number of hydrogen-bond acceptors (Lipinski definition) is 6. The molecular formula is C33H34Cl2F5N4O4+. The molecule has 3 aromatic carbocycles. The van der Waals surface area contributed by atoms with Crippen molar-refractivity contribution in [2.24, 2.45) is 0 Å². The van der Waals surface area contributed by atoms with Gasteiger partial charge in [0.05, 0.1) is 44.0 Å². The van der Waals surface area contributed by atoms with Crippen molar-refractivity contribution in [3.05, 3.63) is 99.6 Å². The Bertz CT molecular complexity index is 1750. The molecule has 0 aliphatic heterocycles. The minimum Gasteiger partial charge on any atom is -0.495 e. The van der Waals surface area contributed by atoms with E-state index in [4.69, 9.17) is 32.7 Å². The predicted molar refractivity (Wildman–Crippen MR) is 172 cm³/mol. The van der Waals surface area contributed by atoms with Crippen molar-refractivity contribution in [3.8, 4) is 17.2 Å². The van der Waals surface area contributed by atoms with Crippen molar-refractivity contribution >= 4 is 34.9 Å². The van der Waals surface area contributed by atoms with Gasteiger partial charge in [0.1, 0.15) is 24.7 Å². The molecule has 48 heavy (non-hydrogen) atoms. The molecule has 0 fully saturated rings. The van der Waals surface area contributed by atoms with Gasteiger partial charge >= 0.3 is 12.1 Å². The van der Waals surface area contributed by atoms with E-state index in [0.29, 0.717) is 28.0 Å². The molecule has 1 atom stereocenters. The second-order valence-electron chi connectivity index (χ2n) is 12.3. The maximum atomic E-state index is 15.3. The summed E-state index contributed by atoms with van der Waals surface area (Å²) >= 11 is 12.6. The first-order chi connectivity index (χ1) is 22.3. The van der Waals surface area contributed by atoms with Gasteiger partial charge in [0.25, 0.3) is 6.23 Å². The molecule has 0 spiro atoms. The van der Waals surface area contributed by atoms with Crippen LogP contribution in [0.15, 0.2) is 60.8 Å². The summed E-state index contributed by atoms with van der Waals surface area (Å²) in [5.74, 6) is -3.11. The molecule has 8 nitrogen and oxygen atoms in total. The molecule has 0 saturated heterocycles. The highest BCUT2D eigenvalue weighted by Crippen LogP contribution is 2.38. The number of quaternary nitrogens is 1. The van der Waals surface area contributed by atoms with Gasteiger partial charge in [0.15, 0.2) is 17.4 Å². The fraction of sp³-hybridized carbons (Fsp3) is 0.333. The molecule has 1 heterocycles. The summed E-state index contributed by atoms with van der Waals surface area (Å²) in [6, 6.07) is 13.5. The van der Waals surface area contributed by atoms with E-state index >= 15 is 4.39 Å². The Morgan fingerprint density at radius 2 is 1.67 bits per heavy atom. The summed E-state index contributed by atoms with van der Waals surface area (Å²) in [7, 11) is 6.12. The van der Waals surface area contributed by atoms with Crippen LogP contribution in [0.2, 0.25) is 10.0 Å². The maximum Gasteiger partial charge on any atom is 0.491 e. The molecule has 0 radical (unpaired) electrons. The number of halogens is 7. The van der Waals surface area contributed by atoms with Crippen molar-refractivity contribution in [2.45, 2.75) is 38.3 Å². The zero-order chi connectivity index (χ0) is 35.6. The number of rotatable bonds is 12. The highest BCUT2D eigenvalue weighted by atomic mass is 35.5. The van der Waals surface area contributed by atoms with Crippen molar-refractivity contribution in [1.29, 1.82) is 0 Å². The third kappa shape index (κ3) is 8.31. The maximum absolute atomic E-state index is 15.3. The number of methoxy groups -OCH3 is 1. The van der Waals surface area contributed by atoms with Crippen LogP contribution >= 0.6 is 23.2 Å². The number of nitrogens with zero attached hydrogens (tertiary/aromatic N) is 3. The van der Waals surface area contributed by atoms with Crippen LogP contribution in [0, 0.1) is 11.6 Å². The predicted octanol–water partition coefficient (Wildman–Crippen LogP) is 7.92. The topological polar surface area (TPSA) is 74.6 Å². The number of aromatic nitrogens is 2. The molecule has 0 amide bonds. The lowest BCUT2D eigenvalue weighted by molar-refractivity contribution is -0.914. The van der Waals surface area contributed by atoms with Crippen LogP contribution in [0.1, 0.15) is 30.9 Å². The number of nitrogens with one attached hydrogen (secondary N) is 1. The highest BCUT2D eigenvalue weighted by molar-refractivity contribution is 6.32. The Morgan fingerprint density at radius 1 is 1.00 bits per heavy atom. The third-order valence-electron chi connectivity index (χ3n) is 7.60. The quantitative estimate of drug-likeness (QED) is 0.0696. The van der Waals surface area contributed by atoms with Crippen molar-refractivity contribution in [2.75, 3.05) is 40.1 Å². The Morgan fingerprint density at radius 3 is 2.25 bits per heavy atom. The van der Waals surface area contributed by atoms with Gasteiger partial charge in [-0.25, -0.2) is 18.6 Å². The van der Waals surface area contributed by atoms with Gasteiger partial charge in [0, 0.05) is 29.1 Å². The van der Waals surface area contributed by atoms with Gasteiger partial charge in [0.2, 0.25) is 0 Å². The van der Waals surface area contributed by atoms with E-state index in [1.165, 1.54) is 46.5 Å². The summed E-state index contributed by atoms with van der Waals surface area (Å²) in [5, 5.41) is 3.07. The molecule has 4 rings (SSSR count). The number of imidazole rings is 1. The average Bonchev–Trinajstić information content (AvgIpc) is 3.43. The van der Waals surface area contributed by atoms with E-state index in [9.17, 15) is 22.4 Å². The number of hydrogen-bond donors (Lipinski definition) is 1. The number of esters is 1. The molecule has 258 valence electrons. The Hall–Kier alpha value is -4.07. The Kier molecular flexibility index (Phi) is 10.9. The molecule has 0 aliphatic carbocycles. The smallest absolute Gasteiger partial charge is 0.491 e. The van der Waals surface area contributed by atoms with Crippen LogP contribution in [0.4, 0.5) is 27.6 Å². The van der Waals surface area contributed by atoms with Crippen LogP contribution in [0.3, 0.4) is 0 Å². The first-order valence-corrected chi connectivity index (χ1v) is 15.2. The fourth-order valence-electron chi connectivity index (χ4n) is 4.81. The number of anilines is 1.